The van der Waals surface area contributed by atoms with Crippen LogP contribution in [0.3, 0.4) is 0 Å². The van der Waals surface area contributed by atoms with E-state index in [4.69, 9.17) is 10.7 Å². The SMILES string of the molecule is CC1(C)N/C(=C(/C(=N)C#N)[N+](=O)[O-])Nc2ccccc21. The maximum absolute atomic E-state index is 11.1. The van der Waals surface area contributed by atoms with E-state index in [2.05, 4.69) is 10.6 Å². The fourth-order valence-corrected chi connectivity index (χ4v) is 2.16. The fraction of sp³-hybridized carbons (Fsp3) is 0.231. The van der Waals surface area contributed by atoms with Gasteiger partial charge in [-0.1, -0.05) is 18.2 Å². The number of nitriles is 1. The largest absolute Gasteiger partial charge is 0.357 e. The molecule has 2 rings (SSSR count). The summed E-state index contributed by atoms with van der Waals surface area (Å²) in [5.74, 6) is 0.0604. The molecule has 7 nitrogen and oxygen atoms in total. The second-order valence-corrected chi connectivity index (χ2v) is 4.89. The predicted octanol–water partition coefficient (Wildman–Crippen LogP) is 1.93. The monoisotopic (exact) mass is 271 g/mol. The quantitative estimate of drug-likeness (QED) is 0.432. The van der Waals surface area contributed by atoms with Gasteiger partial charge >= 0.3 is 5.70 Å². The number of allylic oxidation sites excluding steroid dienone is 1. The molecule has 1 aromatic carbocycles. The standard InChI is InChI=1S/C13H13N5O2/c1-13(2)8-5-3-4-6-10(8)16-12(17-13)11(18(19)20)9(15)7-14/h3-6,15-17H,1-2H3/b12-11-,15-9?. The van der Waals surface area contributed by atoms with E-state index in [1.54, 1.807) is 6.07 Å². The molecule has 20 heavy (non-hydrogen) atoms. The Morgan fingerprint density at radius 3 is 2.70 bits per heavy atom. The number of para-hydroxylation sites is 1. The van der Waals surface area contributed by atoms with Crippen molar-refractivity contribution >= 4 is 11.4 Å². The summed E-state index contributed by atoms with van der Waals surface area (Å²) in [4.78, 5) is 10.4. The molecule has 0 unspecified atom stereocenters. The smallest absolute Gasteiger partial charge is 0.344 e. The van der Waals surface area contributed by atoms with Gasteiger partial charge in [-0.25, -0.2) is 0 Å². The number of nitrogens with zero attached hydrogens (tertiary/aromatic N) is 2. The van der Waals surface area contributed by atoms with Crippen LogP contribution in [0.4, 0.5) is 5.69 Å². The van der Waals surface area contributed by atoms with Gasteiger partial charge < -0.3 is 10.6 Å². The van der Waals surface area contributed by atoms with Crippen LogP contribution in [-0.4, -0.2) is 10.6 Å². The van der Waals surface area contributed by atoms with Crippen molar-refractivity contribution in [2.75, 3.05) is 5.32 Å². The molecule has 1 heterocycles. The molecule has 102 valence electrons. The summed E-state index contributed by atoms with van der Waals surface area (Å²) < 4.78 is 0. The van der Waals surface area contributed by atoms with E-state index in [0.29, 0.717) is 0 Å². The van der Waals surface area contributed by atoms with Gasteiger partial charge in [-0.2, -0.15) is 5.26 Å². The molecule has 0 atom stereocenters. The van der Waals surface area contributed by atoms with Crippen molar-refractivity contribution in [2.45, 2.75) is 19.4 Å². The average molecular weight is 271 g/mol. The summed E-state index contributed by atoms with van der Waals surface area (Å²) in [6, 6.07) is 8.90. The molecule has 0 aliphatic carbocycles. The highest BCUT2D eigenvalue weighted by Gasteiger charge is 2.35. The molecule has 0 fully saturated rings. The van der Waals surface area contributed by atoms with Crippen molar-refractivity contribution in [3.63, 3.8) is 0 Å². The summed E-state index contributed by atoms with van der Waals surface area (Å²) >= 11 is 0. The van der Waals surface area contributed by atoms with Crippen molar-refractivity contribution in [3.8, 4) is 6.07 Å². The lowest BCUT2D eigenvalue weighted by atomic mass is 9.90. The van der Waals surface area contributed by atoms with E-state index in [1.165, 1.54) is 6.07 Å². The fourth-order valence-electron chi connectivity index (χ4n) is 2.16. The van der Waals surface area contributed by atoms with Crippen molar-refractivity contribution in [2.24, 2.45) is 0 Å². The highest BCUT2D eigenvalue weighted by Crippen LogP contribution is 2.33. The Kier molecular flexibility index (Phi) is 3.16. The molecule has 3 N–H and O–H groups in total. The lowest BCUT2D eigenvalue weighted by Crippen LogP contribution is -2.44. The van der Waals surface area contributed by atoms with Gasteiger partial charge in [-0.05, 0) is 19.9 Å². The minimum absolute atomic E-state index is 0.0604. The molecule has 0 spiro atoms. The molecule has 1 aromatic rings. The Hall–Kier alpha value is -2.88. The number of nitro groups is 1. The minimum Gasteiger partial charge on any atom is -0.357 e. The minimum atomic E-state index is -0.731. The highest BCUT2D eigenvalue weighted by molar-refractivity contribution is 6.08. The summed E-state index contributed by atoms with van der Waals surface area (Å²) in [6.07, 6.45) is 0. The van der Waals surface area contributed by atoms with Gasteiger partial charge in [0.1, 0.15) is 6.07 Å². The summed E-state index contributed by atoms with van der Waals surface area (Å²) in [7, 11) is 0. The summed E-state index contributed by atoms with van der Waals surface area (Å²) in [5, 5.41) is 33.1. The number of rotatable bonds is 2. The topological polar surface area (TPSA) is 115 Å². The maximum atomic E-state index is 11.1. The molecule has 0 aromatic heterocycles. The van der Waals surface area contributed by atoms with Crippen LogP contribution < -0.4 is 10.6 Å². The first-order chi connectivity index (χ1) is 9.36. The van der Waals surface area contributed by atoms with Crippen LogP contribution in [0.1, 0.15) is 19.4 Å². The van der Waals surface area contributed by atoms with E-state index in [-0.39, 0.29) is 5.82 Å². The molecule has 0 bridgehead atoms. The Morgan fingerprint density at radius 2 is 2.10 bits per heavy atom. The summed E-state index contributed by atoms with van der Waals surface area (Å²) in [6.45, 7) is 3.75. The van der Waals surface area contributed by atoms with Gasteiger partial charge in [0.05, 0.1) is 10.5 Å². The van der Waals surface area contributed by atoms with Gasteiger partial charge in [0.15, 0.2) is 5.82 Å². The first-order valence-corrected chi connectivity index (χ1v) is 5.89. The number of benzene rings is 1. The first-order valence-electron chi connectivity index (χ1n) is 5.89. The van der Waals surface area contributed by atoms with Gasteiger partial charge in [0, 0.05) is 11.3 Å². The number of fused-ring (bicyclic) bond motifs is 1. The van der Waals surface area contributed by atoms with E-state index in [1.807, 2.05) is 32.0 Å². The van der Waals surface area contributed by atoms with E-state index >= 15 is 0 Å². The van der Waals surface area contributed by atoms with Crippen LogP contribution in [0.5, 0.6) is 0 Å². The van der Waals surface area contributed by atoms with Crippen LogP contribution in [0, 0.1) is 26.9 Å². The van der Waals surface area contributed by atoms with Crippen molar-refractivity contribution in [1.82, 2.24) is 5.32 Å². The maximum Gasteiger partial charge on any atom is 0.344 e. The first kappa shape index (κ1) is 13.5. The van der Waals surface area contributed by atoms with Gasteiger partial charge in [0.25, 0.3) is 0 Å². The normalized spacial score (nSPS) is 17.9. The Morgan fingerprint density at radius 1 is 1.45 bits per heavy atom. The zero-order valence-corrected chi connectivity index (χ0v) is 11.0. The van der Waals surface area contributed by atoms with E-state index in [0.717, 1.165) is 11.3 Å². The summed E-state index contributed by atoms with van der Waals surface area (Å²) in [5.41, 5.74) is -0.129. The van der Waals surface area contributed by atoms with Crippen LogP contribution in [0.15, 0.2) is 35.8 Å². The Labute approximate surface area is 115 Å². The zero-order valence-electron chi connectivity index (χ0n) is 11.0. The van der Waals surface area contributed by atoms with E-state index in [9.17, 15) is 10.1 Å². The number of anilines is 1. The van der Waals surface area contributed by atoms with Crippen LogP contribution in [0.25, 0.3) is 0 Å². The van der Waals surface area contributed by atoms with Crippen LogP contribution in [-0.2, 0) is 5.54 Å². The third-order valence-corrected chi connectivity index (χ3v) is 3.07. The number of hydrogen-bond acceptors (Lipinski definition) is 6. The molecular formula is C13H13N5O2. The van der Waals surface area contributed by atoms with Gasteiger partial charge in [-0.3, -0.25) is 15.5 Å². The molecule has 1 aliphatic heterocycles. The number of hydrogen-bond donors (Lipinski definition) is 3. The van der Waals surface area contributed by atoms with Crippen LogP contribution in [0.2, 0.25) is 0 Å². The van der Waals surface area contributed by atoms with Crippen LogP contribution >= 0.6 is 0 Å². The lowest BCUT2D eigenvalue weighted by Gasteiger charge is -2.36. The highest BCUT2D eigenvalue weighted by atomic mass is 16.6. The van der Waals surface area contributed by atoms with Crippen molar-refractivity contribution in [3.05, 3.63) is 51.5 Å². The van der Waals surface area contributed by atoms with Crippen molar-refractivity contribution in [1.29, 1.82) is 10.7 Å². The molecule has 1 aliphatic rings. The Balaban J connectivity index is 2.61. The zero-order chi connectivity index (χ0) is 14.9. The predicted molar refractivity (Wildman–Crippen MR) is 73.6 cm³/mol. The molecule has 0 saturated carbocycles. The molecule has 7 heteroatoms. The van der Waals surface area contributed by atoms with Gasteiger partial charge in [0.2, 0.25) is 5.71 Å². The van der Waals surface area contributed by atoms with Gasteiger partial charge in [-0.15, -0.1) is 0 Å². The number of nitrogens with one attached hydrogen (secondary N) is 3. The second-order valence-electron chi connectivity index (χ2n) is 4.89. The van der Waals surface area contributed by atoms with E-state index < -0.39 is 21.9 Å². The molecule has 0 radical (unpaired) electrons. The molecule has 0 amide bonds. The molecular weight excluding hydrogens is 258 g/mol. The van der Waals surface area contributed by atoms with Crippen molar-refractivity contribution < 1.29 is 4.92 Å². The lowest BCUT2D eigenvalue weighted by molar-refractivity contribution is -0.416. The third-order valence-electron chi connectivity index (χ3n) is 3.07. The molecule has 0 saturated heterocycles. The average Bonchev–Trinajstić information content (AvgIpc) is 2.37. The third kappa shape index (κ3) is 2.19. The second kappa shape index (κ2) is 4.66. The Bertz CT molecular complexity index is 670.